The molecule has 0 spiro atoms. The predicted molar refractivity (Wildman–Crippen MR) is 59.7 cm³/mol. The molecule has 0 bridgehead atoms. The molecule has 0 rings (SSSR count). The van der Waals surface area contributed by atoms with E-state index in [1.54, 1.807) is 18.6 Å². The van der Waals surface area contributed by atoms with Gasteiger partial charge in [0.05, 0.1) is 6.61 Å². The molecule has 0 heterocycles. The van der Waals surface area contributed by atoms with Gasteiger partial charge >= 0.3 is 16.3 Å². The number of carbonyl (C=O) groups excluding carboxylic acids is 1. The summed E-state index contributed by atoms with van der Waals surface area (Å²) in [6.45, 7) is 3.02. The Balaban J connectivity index is 4.24. The number of hydrogen-bond acceptors (Lipinski definition) is 6. The zero-order valence-electron chi connectivity index (χ0n) is 9.50. The maximum absolute atomic E-state index is 11.3. The quantitative estimate of drug-likeness (QED) is 0.209. The van der Waals surface area contributed by atoms with Crippen LogP contribution >= 0.6 is 0 Å². The summed E-state index contributed by atoms with van der Waals surface area (Å²) in [6, 6.07) is 0. The molecule has 0 saturated carbocycles. The number of rotatable bonds is 6. The lowest BCUT2D eigenvalue weighted by Gasteiger charge is -2.11. The molecule has 1 atom stereocenters. The Labute approximate surface area is 99.2 Å². The third-order valence-corrected chi connectivity index (χ3v) is 2.68. The zero-order valence-corrected chi connectivity index (χ0v) is 10.3. The molecule has 5 N–H and O–H groups in total. The SMILES string of the molecule is CCOC(=O)NS(=O)(=O)NCC(C)C(N)=NO. The first-order valence-corrected chi connectivity index (χ1v) is 6.22. The third kappa shape index (κ3) is 6.58. The van der Waals surface area contributed by atoms with Crippen LogP contribution in [0.2, 0.25) is 0 Å². The fourth-order valence-corrected chi connectivity index (χ4v) is 1.56. The minimum Gasteiger partial charge on any atom is -0.449 e. The Morgan fingerprint density at radius 3 is 2.65 bits per heavy atom. The molecule has 9 nitrogen and oxygen atoms in total. The number of nitrogens with two attached hydrogens (primary N) is 1. The van der Waals surface area contributed by atoms with Gasteiger partial charge in [-0.05, 0) is 6.92 Å². The van der Waals surface area contributed by atoms with Gasteiger partial charge < -0.3 is 15.7 Å². The van der Waals surface area contributed by atoms with E-state index in [0.717, 1.165) is 0 Å². The number of ether oxygens (including phenoxy) is 1. The van der Waals surface area contributed by atoms with Crippen LogP contribution in [0.1, 0.15) is 13.8 Å². The topological polar surface area (TPSA) is 143 Å². The fourth-order valence-electron chi connectivity index (χ4n) is 0.744. The number of oxime groups is 1. The number of nitrogens with one attached hydrogen (secondary N) is 2. The summed E-state index contributed by atoms with van der Waals surface area (Å²) in [5.74, 6) is -0.636. The Morgan fingerprint density at radius 2 is 2.18 bits per heavy atom. The average Bonchev–Trinajstić information content (AvgIpc) is 2.24. The fraction of sp³-hybridized carbons (Fsp3) is 0.714. The molecule has 0 aliphatic heterocycles. The minimum atomic E-state index is -4.01. The summed E-state index contributed by atoms with van der Waals surface area (Å²) < 4.78 is 30.6. The van der Waals surface area contributed by atoms with Gasteiger partial charge in [0.1, 0.15) is 5.84 Å². The van der Waals surface area contributed by atoms with E-state index in [-0.39, 0.29) is 19.0 Å². The average molecular weight is 268 g/mol. The van der Waals surface area contributed by atoms with Crippen molar-refractivity contribution in [1.82, 2.24) is 9.44 Å². The van der Waals surface area contributed by atoms with Gasteiger partial charge in [-0.3, -0.25) is 0 Å². The summed E-state index contributed by atoms with van der Waals surface area (Å²) in [5, 5.41) is 11.1. The Hall–Kier alpha value is -1.55. The summed E-state index contributed by atoms with van der Waals surface area (Å²) >= 11 is 0. The lowest BCUT2D eigenvalue weighted by atomic mass is 10.2. The van der Waals surface area contributed by atoms with Crippen molar-refractivity contribution < 1.29 is 23.2 Å². The molecule has 1 unspecified atom stereocenters. The van der Waals surface area contributed by atoms with Gasteiger partial charge in [0.25, 0.3) is 0 Å². The van der Waals surface area contributed by atoms with E-state index in [2.05, 4.69) is 14.6 Å². The lowest BCUT2D eigenvalue weighted by molar-refractivity contribution is 0.158. The zero-order chi connectivity index (χ0) is 13.5. The van der Waals surface area contributed by atoms with Gasteiger partial charge in [0, 0.05) is 12.5 Å². The van der Waals surface area contributed by atoms with Crippen LogP contribution in [0.5, 0.6) is 0 Å². The second-order valence-corrected chi connectivity index (χ2v) is 4.60. The Morgan fingerprint density at radius 1 is 1.59 bits per heavy atom. The molecule has 100 valence electrons. The minimum absolute atomic E-state index is 0.0574. The van der Waals surface area contributed by atoms with Gasteiger partial charge in [-0.15, -0.1) is 0 Å². The van der Waals surface area contributed by atoms with Gasteiger partial charge in [-0.2, -0.15) is 13.1 Å². The monoisotopic (exact) mass is 268 g/mol. The summed E-state index contributed by atoms with van der Waals surface area (Å²) in [4.78, 5) is 10.9. The smallest absolute Gasteiger partial charge is 0.421 e. The van der Waals surface area contributed by atoms with Crippen molar-refractivity contribution in [2.45, 2.75) is 13.8 Å². The van der Waals surface area contributed by atoms with Crippen LogP contribution in [0.25, 0.3) is 0 Å². The molecule has 1 amide bonds. The Bertz CT molecular complexity index is 380. The number of hydrogen-bond donors (Lipinski definition) is 4. The first-order valence-electron chi connectivity index (χ1n) is 4.74. The van der Waals surface area contributed by atoms with Crippen LogP contribution in [0.4, 0.5) is 4.79 Å². The van der Waals surface area contributed by atoms with Gasteiger partial charge in [0.2, 0.25) is 0 Å². The van der Waals surface area contributed by atoms with Crippen molar-refractivity contribution in [3.8, 4) is 0 Å². The van der Waals surface area contributed by atoms with Crippen molar-refractivity contribution in [2.75, 3.05) is 13.2 Å². The van der Waals surface area contributed by atoms with E-state index < -0.39 is 22.2 Å². The molecule has 0 aromatic rings. The van der Waals surface area contributed by atoms with Crippen LogP contribution in [0.3, 0.4) is 0 Å². The lowest BCUT2D eigenvalue weighted by Crippen LogP contribution is -2.43. The second kappa shape index (κ2) is 6.91. The number of amidine groups is 1. The Kier molecular flexibility index (Phi) is 6.28. The molecule has 0 fully saturated rings. The van der Waals surface area contributed by atoms with E-state index >= 15 is 0 Å². The molecular weight excluding hydrogens is 252 g/mol. The molecule has 10 heteroatoms. The highest BCUT2D eigenvalue weighted by Gasteiger charge is 2.17. The molecule has 0 aromatic heterocycles. The molecule has 0 aliphatic carbocycles. The maximum atomic E-state index is 11.3. The number of carbonyl (C=O) groups is 1. The summed E-state index contributed by atoms with van der Waals surface area (Å²) in [5.41, 5.74) is 5.25. The van der Waals surface area contributed by atoms with E-state index in [4.69, 9.17) is 10.9 Å². The highest BCUT2D eigenvalue weighted by atomic mass is 32.2. The molecule has 0 aliphatic rings. The van der Waals surface area contributed by atoms with Crippen molar-refractivity contribution in [2.24, 2.45) is 16.8 Å². The molecule has 0 saturated heterocycles. The van der Waals surface area contributed by atoms with Crippen molar-refractivity contribution in [3.63, 3.8) is 0 Å². The number of amides is 1. The molecule has 17 heavy (non-hydrogen) atoms. The summed E-state index contributed by atoms with van der Waals surface area (Å²) in [7, 11) is -4.01. The maximum Gasteiger partial charge on any atom is 0.421 e. The van der Waals surface area contributed by atoms with Crippen LogP contribution in [0.15, 0.2) is 5.16 Å². The molecule has 0 radical (unpaired) electrons. The standard InChI is InChI=1S/C7H16N4O5S/c1-3-16-7(12)11-17(14,15)9-4-5(2)6(8)10-13/h5,9,13H,3-4H2,1-2H3,(H2,8,10)(H,11,12). The van der Waals surface area contributed by atoms with E-state index in [0.29, 0.717) is 0 Å². The van der Waals surface area contributed by atoms with Gasteiger partial charge in [-0.1, -0.05) is 12.1 Å². The van der Waals surface area contributed by atoms with Gasteiger partial charge in [0.15, 0.2) is 0 Å². The van der Waals surface area contributed by atoms with E-state index in [1.165, 1.54) is 0 Å². The van der Waals surface area contributed by atoms with Crippen LogP contribution in [-0.4, -0.2) is 38.7 Å². The van der Waals surface area contributed by atoms with Gasteiger partial charge in [-0.25, -0.2) is 9.52 Å². The predicted octanol–water partition coefficient (Wildman–Crippen LogP) is -1.05. The first-order chi connectivity index (χ1) is 7.82. The van der Waals surface area contributed by atoms with Crippen molar-refractivity contribution in [3.05, 3.63) is 0 Å². The van der Waals surface area contributed by atoms with E-state index in [9.17, 15) is 13.2 Å². The highest BCUT2D eigenvalue weighted by Crippen LogP contribution is 1.93. The van der Waals surface area contributed by atoms with Crippen LogP contribution < -0.4 is 15.2 Å². The normalized spacial score (nSPS) is 14.1. The molecular formula is C7H16N4O5S. The third-order valence-electron chi connectivity index (χ3n) is 1.69. The highest BCUT2D eigenvalue weighted by molar-refractivity contribution is 7.88. The van der Waals surface area contributed by atoms with Crippen LogP contribution in [0, 0.1) is 5.92 Å². The van der Waals surface area contributed by atoms with E-state index in [1.807, 2.05) is 0 Å². The van der Waals surface area contributed by atoms with Crippen molar-refractivity contribution in [1.29, 1.82) is 0 Å². The van der Waals surface area contributed by atoms with Crippen LogP contribution in [-0.2, 0) is 14.9 Å². The molecule has 0 aromatic carbocycles. The second-order valence-electron chi connectivity index (χ2n) is 3.10. The largest absolute Gasteiger partial charge is 0.449 e. The first kappa shape index (κ1) is 15.4. The summed E-state index contributed by atoms with van der Waals surface area (Å²) in [6.07, 6.45) is -1.07. The van der Waals surface area contributed by atoms with Crippen molar-refractivity contribution >= 4 is 22.1 Å². The number of nitrogens with zero attached hydrogens (tertiary/aromatic N) is 1.